The summed E-state index contributed by atoms with van der Waals surface area (Å²) in [6.45, 7) is 8.90. The second-order valence-electron chi connectivity index (χ2n) is 8.77. The Labute approximate surface area is 165 Å². The van der Waals surface area contributed by atoms with Crippen molar-refractivity contribution in [2.75, 3.05) is 19.7 Å². The Morgan fingerprint density at radius 1 is 1.11 bits per heavy atom. The van der Waals surface area contributed by atoms with E-state index in [2.05, 4.69) is 67.4 Å². The lowest BCUT2D eigenvalue weighted by Crippen LogP contribution is -2.67. The summed E-state index contributed by atoms with van der Waals surface area (Å²) < 4.78 is 0. The lowest BCUT2D eigenvalue weighted by atomic mass is 9.73. The molecule has 3 nitrogen and oxygen atoms in total. The molecule has 2 fully saturated rings. The van der Waals surface area contributed by atoms with Gasteiger partial charge in [-0.25, -0.2) is 0 Å². The van der Waals surface area contributed by atoms with Crippen molar-refractivity contribution >= 4 is 6.08 Å². The second-order valence-corrected chi connectivity index (χ2v) is 8.77. The average molecular weight is 371 g/mol. The monoisotopic (exact) mass is 370 g/mol. The molecule has 1 aromatic carbocycles. The molecule has 1 saturated carbocycles. The summed E-state index contributed by atoms with van der Waals surface area (Å²) >= 11 is 0. The fourth-order valence-corrected chi connectivity index (χ4v) is 5.04. The minimum absolute atomic E-state index is 0.256. The molecule has 1 aliphatic heterocycles. The summed E-state index contributed by atoms with van der Waals surface area (Å²) in [5, 5.41) is 13.8. The zero-order valence-corrected chi connectivity index (χ0v) is 17.4. The molecule has 1 heterocycles. The van der Waals surface area contributed by atoms with E-state index in [9.17, 15) is 5.11 Å². The molecule has 3 heteroatoms. The Balaban J connectivity index is 1.75. The molecule has 2 aliphatic rings. The van der Waals surface area contributed by atoms with E-state index in [1.54, 1.807) is 0 Å². The lowest BCUT2D eigenvalue weighted by molar-refractivity contribution is -0.0553. The van der Waals surface area contributed by atoms with Crippen LogP contribution in [0, 0.1) is 5.92 Å². The molecule has 0 spiro atoms. The highest BCUT2D eigenvalue weighted by atomic mass is 16.3. The number of benzene rings is 1. The van der Waals surface area contributed by atoms with Crippen LogP contribution in [0.4, 0.5) is 0 Å². The summed E-state index contributed by atoms with van der Waals surface area (Å²) in [5.41, 5.74) is 2.62. The summed E-state index contributed by atoms with van der Waals surface area (Å²) in [6.07, 6.45) is 11.1. The van der Waals surface area contributed by atoms with Crippen molar-refractivity contribution in [3.63, 3.8) is 0 Å². The van der Waals surface area contributed by atoms with Gasteiger partial charge >= 0.3 is 0 Å². The van der Waals surface area contributed by atoms with Crippen LogP contribution < -0.4 is 5.32 Å². The van der Waals surface area contributed by atoms with Gasteiger partial charge in [0.2, 0.25) is 0 Å². The fraction of sp³-hybridized carbons (Fsp3) is 0.667. The minimum atomic E-state index is 0.256. The molecule has 2 N–H and O–H groups in total. The molecular weight excluding hydrogens is 332 g/mol. The first-order valence-corrected chi connectivity index (χ1v) is 11.0. The highest BCUT2D eigenvalue weighted by Gasteiger charge is 2.48. The largest absolute Gasteiger partial charge is 0.395 e. The van der Waals surface area contributed by atoms with Gasteiger partial charge in [-0.3, -0.25) is 4.90 Å². The zero-order valence-electron chi connectivity index (χ0n) is 17.4. The minimum Gasteiger partial charge on any atom is -0.395 e. The van der Waals surface area contributed by atoms with Gasteiger partial charge in [-0.1, -0.05) is 69.5 Å². The number of allylic oxidation sites excluding steroid dienone is 1. The van der Waals surface area contributed by atoms with Crippen LogP contribution in [-0.2, 0) is 0 Å². The van der Waals surface area contributed by atoms with Gasteiger partial charge < -0.3 is 10.4 Å². The summed E-state index contributed by atoms with van der Waals surface area (Å²) in [5.74, 6) is 1.23. The van der Waals surface area contributed by atoms with Gasteiger partial charge in [-0.05, 0) is 36.8 Å². The molecular formula is C24H38N2O. The fourth-order valence-electron chi connectivity index (χ4n) is 5.04. The molecule has 0 radical (unpaired) electrons. The summed E-state index contributed by atoms with van der Waals surface area (Å²) in [7, 11) is 0. The van der Waals surface area contributed by atoms with E-state index in [1.165, 1.54) is 43.2 Å². The van der Waals surface area contributed by atoms with Crippen LogP contribution in [0.5, 0.6) is 0 Å². The van der Waals surface area contributed by atoms with Crippen molar-refractivity contribution in [2.45, 2.75) is 76.9 Å². The maximum atomic E-state index is 10.2. The van der Waals surface area contributed by atoms with E-state index < -0.39 is 0 Å². The van der Waals surface area contributed by atoms with Crippen LogP contribution in [-0.4, -0.2) is 47.8 Å². The van der Waals surface area contributed by atoms with E-state index in [0.717, 1.165) is 19.0 Å². The molecule has 3 atom stereocenters. The smallest absolute Gasteiger partial charge is 0.0593 e. The van der Waals surface area contributed by atoms with Crippen molar-refractivity contribution in [1.29, 1.82) is 0 Å². The third kappa shape index (κ3) is 5.01. The normalized spacial score (nSPS) is 27.4. The first-order chi connectivity index (χ1) is 13.1. The molecule has 3 rings (SSSR count). The van der Waals surface area contributed by atoms with Crippen LogP contribution in [0.1, 0.15) is 69.9 Å². The van der Waals surface area contributed by atoms with E-state index in [-0.39, 0.29) is 12.6 Å². The third-order valence-corrected chi connectivity index (χ3v) is 6.48. The molecule has 27 heavy (non-hydrogen) atoms. The molecule has 1 saturated heterocycles. The van der Waals surface area contributed by atoms with Gasteiger partial charge in [0.15, 0.2) is 0 Å². The van der Waals surface area contributed by atoms with Crippen LogP contribution >= 0.6 is 0 Å². The Kier molecular flexibility index (Phi) is 7.51. The molecule has 0 amide bonds. The Morgan fingerprint density at radius 2 is 1.81 bits per heavy atom. The van der Waals surface area contributed by atoms with E-state index in [4.69, 9.17) is 0 Å². The number of hydrogen-bond acceptors (Lipinski definition) is 3. The maximum Gasteiger partial charge on any atom is 0.0593 e. The predicted octanol–water partition coefficient (Wildman–Crippen LogP) is 4.43. The Bertz CT molecular complexity index is 589. The van der Waals surface area contributed by atoms with E-state index in [1.807, 2.05) is 0 Å². The first-order valence-electron chi connectivity index (χ1n) is 11.0. The molecule has 1 aliphatic carbocycles. The molecule has 1 aromatic rings. The SMILES string of the molecule is C/C=C/c1ccc([C@H]2[C@@H](CO)N(CC3CCCCC3)[C@@H]2CNC(C)C)cc1. The van der Waals surface area contributed by atoms with Gasteiger partial charge in [-0.15, -0.1) is 0 Å². The topological polar surface area (TPSA) is 35.5 Å². The van der Waals surface area contributed by atoms with Gasteiger partial charge in [0.05, 0.1) is 6.61 Å². The van der Waals surface area contributed by atoms with Crippen LogP contribution in [0.15, 0.2) is 30.3 Å². The zero-order chi connectivity index (χ0) is 19.2. The first kappa shape index (κ1) is 20.6. The number of likely N-dealkylation sites (tertiary alicyclic amines) is 1. The van der Waals surface area contributed by atoms with Crippen molar-refractivity contribution in [3.8, 4) is 0 Å². The van der Waals surface area contributed by atoms with Gasteiger partial charge in [0.1, 0.15) is 0 Å². The number of hydrogen-bond donors (Lipinski definition) is 2. The van der Waals surface area contributed by atoms with Crippen molar-refractivity contribution in [2.24, 2.45) is 5.92 Å². The molecule has 0 unspecified atom stereocenters. The second kappa shape index (κ2) is 9.86. The van der Waals surface area contributed by atoms with Crippen molar-refractivity contribution in [1.82, 2.24) is 10.2 Å². The summed E-state index contributed by atoms with van der Waals surface area (Å²) in [6, 6.07) is 10.2. The quantitative estimate of drug-likeness (QED) is 0.711. The molecule has 0 aromatic heterocycles. The molecule has 0 bridgehead atoms. The summed E-state index contributed by atoms with van der Waals surface area (Å²) in [4.78, 5) is 2.61. The predicted molar refractivity (Wildman–Crippen MR) is 115 cm³/mol. The number of nitrogens with zero attached hydrogens (tertiary/aromatic N) is 1. The van der Waals surface area contributed by atoms with Gasteiger partial charge in [0.25, 0.3) is 0 Å². The number of aliphatic hydroxyl groups is 1. The van der Waals surface area contributed by atoms with Crippen LogP contribution in [0.3, 0.4) is 0 Å². The Hall–Kier alpha value is -1.16. The number of rotatable bonds is 8. The van der Waals surface area contributed by atoms with Crippen molar-refractivity contribution in [3.05, 3.63) is 41.5 Å². The highest BCUT2D eigenvalue weighted by molar-refractivity contribution is 5.50. The Morgan fingerprint density at radius 3 is 2.41 bits per heavy atom. The van der Waals surface area contributed by atoms with E-state index in [0.29, 0.717) is 18.0 Å². The molecule has 150 valence electrons. The van der Waals surface area contributed by atoms with E-state index >= 15 is 0 Å². The number of nitrogens with one attached hydrogen (secondary N) is 1. The average Bonchev–Trinajstić information content (AvgIpc) is 2.67. The highest BCUT2D eigenvalue weighted by Crippen LogP contribution is 2.42. The number of aliphatic hydroxyl groups excluding tert-OH is 1. The van der Waals surface area contributed by atoms with Crippen molar-refractivity contribution < 1.29 is 5.11 Å². The standard InChI is InChI=1S/C24H38N2O/c1-4-8-19-11-13-21(14-12-19)24-22(15-25-18(2)3)26(23(24)17-27)16-20-9-6-5-7-10-20/h4,8,11-14,18,20,22-25,27H,5-7,9-10,15-17H2,1-3H3/b8-4+/t22-,23-,24-/m1/s1. The van der Waals surface area contributed by atoms with Gasteiger partial charge in [0, 0.05) is 37.1 Å². The van der Waals surface area contributed by atoms with Crippen LogP contribution in [0.25, 0.3) is 6.08 Å². The van der Waals surface area contributed by atoms with Gasteiger partial charge in [-0.2, -0.15) is 0 Å². The lowest BCUT2D eigenvalue weighted by Gasteiger charge is -2.56. The maximum absolute atomic E-state index is 10.2. The third-order valence-electron chi connectivity index (χ3n) is 6.48. The van der Waals surface area contributed by atoms with Crippen LogP contribution in [0.2, 0.25) is 0 Å².